The third-order valence-electron chi connectivity index (χ3n) is 7.24. The fraction of sp³-hybridized carbons (Fsp3) is 0.875. The highest BCUT2D eigenvalue weighted by atomic mass is 16.5. The first kappa shape index (κ1) is 29.3. The quantitative estimate of drug-likeness (QED) is 0.421. The average Bonchev–Trinajstić information content (AvgIpc) is 3.26. The molecule has 1 saturated heterocycles. The van der Waals surface area contributed by atoms with Gasteiger partial charge in [0.25, 0.3) is 0 Å². The van der Waals surface area contributed by atoms with Crippen LogP contribution in [-0.4, -0.2) is 90.8 Å². The number of rotatable bonds is 13. The number of carboxylic acids is 1. The van der Waals surface area contributed by atoms with Crippen LogP contribution in [0, 0.1) is 17.8 Å². The number of carboxylic acid groups (broad SMARTS) is 1. The maximum absolute atomic E-state index is 13.4. The first-order valence-corrected chi connectivity index (χ1v) is 12.0. The molecular weight excluding hydrogens is 426 g/mol. The van der Waals surface area contributed by atoms with Crippen LogP contribution >= 0.6 is 0 Å². The van der Waals surface area contributed by atoms with Gasteiger partial charge in [0.2, 0.25) is 11.8 Å². The van der Waals surface area contributed by atoms with Gasteiger partial charge >= 0.3 is 5.97 Å². The molecule has 33 heavy (non-hydrogen) atoms. The van der Waals surface area contributed by atoms with E-state index in [1.54, 1.807) is 30.9 Å². The zero-order valence-corrected chi connectivity index (χ0v) is 21.6. The summed E-state index contributed by atoms with van der Waals surface area (Å²) in [7, 11) is 4.77. The number of hydrogen-bond acceptors (Lipinski definition) is 6. The molecule has 1 aliphatic rings. The number of nitrogens with two attached hydrogens (primary N) is 1. The second-order valence-corrected chi connectivity index (χ2v) is 9.70. The van der Waals surface area contributed by atoms with Gasteiger partial charge in [-0.2, -0.15) is 0 Å². The summed E-state index contributed by atoms with van der Waals surface area (Å²) in [5.74, 6) is -1.89. The Balaban J connectivity index is 3.11. The molecule has 9 heteroatoms. The van der Waals surface area contributed by atoms with Crippen molar-refractivity contribution in [3.05, 3.63) is 0 Å². The van der Waals surface area contributed by atoms with Crippen molar-refractivity contribution in [2.45, 2.75) is 90.6 Å². The zero-order chi connectivity index (χ0) is 25.5. The number of likely N-dealkylation sites (tertiary alicyclic amines) is 1. The molecule has 0 saturated carbocycles. The smallest absolute Gasteiger partial charge is 0.308 e. The van der Waals surface area contributed by atoms with Crippen LogP contribution in [0.3, 0.4) is 0 Å². The molecule has 7 unspecified atom stereocenters. The van der Waals surface area contributed by atoms with Gasteiger partial charge < -0.3 is 30.1 Å². The first-order valence-electron chi connectivity index (χ1n) is 12.0. The molecule has 3 N–H and O–H groups in total. The molecule has 192 valence electrons. The van der Waals surface area contributed by atoms with Crippen LogP contribution in [0.5, 0.6) is 0 Å². The monoisotopic (exact) mass is 471 g/mol. The van der Waals surface area contributed by atoms with Crippen molar-refractivity contribution in [3.8, 4) is 0 Å². The summed E-state index contributed by atoms with van der Waals surface area (Å²) in [6.07, 6.45) is 1.27. The maximum atomic E-state index is 13.4. The van der Waals surface area contributed by atoms with Crippen LogP contribution in [0.1, 0.15) is 60.3 Å². The molecule has 7 atom stereocenters. The van der Waals surface area contributed by atoms with Crippen LogP contribution in [0.25, 0.3) is 0 Å². The van der Waals surface area contributed by atoms with Crippen LogP contribution in [0.4, 0.5) is 0 Å². The Bertz CT molecular complexity index is 658. The molecule has 0 aromatic rings. The molecule has 0 aliphatic carbocycles. The van der Waals surface area contributed by atoms with Crippen molar-refractivity contribution in [1.82, 2.24) is 9.80 Å². The molecule has 0 aromatic carbocycles. The fourth-order valence-corrected chi connectivity index (χ4v) is 4.82. The molecule has 0 radical (unpaired) electrons. The molecule has 2 amide bonds. The van der Waals surface area contributed by atoms with Gasteiger partial charge in [-0.05, 0) is 31.6 Å². The molecule has 0 spiro atoms. The SMILES string of the molecule is CCC(C)C(C(CC(=O)N1CCCC1C(OC)C(C)C(=O)O)OC)N(C)C(=O)C(N)C(C)C. The highest BCUT2D eigenvalue weighted by Crippen LogP contribution is 2.29. The van der Waals surface area contributed by atoms with Gasteiger partial charge in [0, 0.05) is 27.8 Å². The molecule has 1 aliphatic heterocycles. The Morgan fingerprint density at radius 3 is 2.21 bits per heavy atom. The predicted octanol–water partition coefficient (Wildman–Crippen LogP) is 1.97. The highest BCUT2D eigenvalue weighted by Gasteiger charge is 2.42. The fourth-order valence-electron chi connectivity index (χ4n) is 4.82. The lowest BCUT2D eigenvalue weighted by Crippen LogP contribution is -2.56. The lowest BCUT2D eigenvalue weighted by atomic mass is 9.89. The maximum Gasteiger partial charge on any atom is 0.308 e. The number of likely N-dealkylation sites (N-methyl/N-ethyl adjacent to an activating group) is 1. The molecule has 1 heterocycles. The Labute approximate surface area is 198 Å². The largest absolute Gasteiger partial charge is 0.481 e. The van der Waals surface area contributed by atoms with Gasteiger partial charge in [0.05, 0.1) is 42.7 Å². The number of hydrogen-bond donors (Lipinski definition) is 2. The van der Waals surface area contributed by atoms with Crippen molar-refractivity contribution in [2.24, 2.45) is 23.5 Å². The molecule has 0 aromatic heterocycles. The molecule has 9 nitrogen and oxygen atoms in total. The number of aliphatic carboxylic acids is 1. The Kier molecular flexibility index (Phi) is 11.8. The summed E-state index contributed by atoms with van der Waals surface area (Å²) in [6, 6.07) is -1.25. The standard InChI is InChI=1S/C24H45N3O6/c1-9-15(4)21(26(6)23(29)20(25)14(2)3)18(32-7)13-19(28)27-12-10-11-17(27)22(33-8)16(5)24(30)31/h14-18,20-22H,9-13,25H2,1-8H3,(H,30,31). The van der Waals surface area contributed by atoms with Crippen molar-refractivity contribution in [3.63, 3.8) is 0 Å². The topological polar surface area (TPSA) is 122 Å². The average molecular weight is 472 g/mol. The van der Waals surface area contributed by atoms with E-state index in [4.69, 9.17) is 15.2 Å². The molecule has 1 fully saturated rings. The lowest BCUT2D eigenvalue weighted by molar-refractivity contribution is -0.152. The van der Waals surface area contributed by atoms with Crippen LogP contribution in [0.15, 0.2) is 0 Å². The van der Waals surface area contributed by atoms with Gasteiger partial charge in [-0.15, -0.1) is 0 Å². The van der Waals surface area contributed by atoms with E-state index in [9.17, 15) is 19.5 Å². The summed E-state index contributed by atoms with van der Waals surface area (Å²) in [5, 5.41) is 9.46. The van der Waals surface area contributed by atoms with Gasteiger partial charge in [-0.1, -0.05) is 34.1 Å². The van der Waals surface area contributed by atoms with E-state index in [1.807, 2.05) is 27.7 Å². The van der Waals surface area contributed by atoms with Crippen molar-refractivity contribution in [1.29, 1.82) is 0 Å². The van der Waals surface area contributed by atoms with E-state index in [0.29, 0.717) is 13.0 Å². The third-order valence-corrected chi connectivity index (χ3v) is 7.24. The summed E-state index contributed by atoms with van der Waals surface area (Å²) in [5.41, 5.74) is 6.13. The van der Waals surface area contributed by atoms with Gasteiger partial charge in [-0.25, -0.2) is 0 Å². The highest BCUT2D eigenvalue weighted by molar-refractivity contribution is 5.82. The second kappa shape index (κ2) is 13.2. The normalized spacial score (nSPS) is 21.9. The minimum absolute atomic E-state index is 0.00674. The number of carbonyl (C=O) groups is 3. The van der Waals surface area contributed by atoms with E-state index in [2.05, 4.69) is 0 Å². The number of carbonyl (C=O) groups excluding carboxylic acids is 2. The predicted molar refractivity (Wildman–Crippen MR) is 127 cm³/mol. The summed E-state index contributed by atoms with van der Waals surface area (Å²) >= 11 is 0. The Morgan fingerprint density at radius 1 is 1.15 bits per heavy atom. The second-order valence-electron chi connectivity index (χ2n) is 9.70. The lowest BCUT2D eigenvalue weighted by Gasteiger charge is -2.40. The van der Waals surface area contributed by atoms with Crippen molar-refractivity contribution >= 4 is 17.8 Å². The van der Waals surface area contributed by atoms with E-state index in [-0.39, 0.29) is 42.2 Å². The summed E-state index contributed by atoms with van der Waals surface area (Å²) < 4.78 is 11.3. The van der Waals surface area contributed by atoms with Crippen molar-refractivity contribution in [2.75, 3.05) is 27.8 Å². The minimum Gasteiger partial charge on any atom is -0.481 e. The third kappa shape index (κ3) is 7.13. The van der Waals surface area contributed by atoms with E-state index >= 15 is 0 Å². The van der Waals surface area contributed by atoms with E-state index in [1.165, 1.54) is 7.11 Å². The van der Waals surface area contributed by atoms with Crippen LogP contribution < -0.4 is 5.73 Å². The minimum atomic E-state index is -0.950. The number of amides is 2. The summed E-state index contributed by atoms with van der Waals surface area (Å²) in [6.45, 7) is 10.0. The number of methoxy groups -OCH3 is 2. The van der Waals surface area contributed by atoms with Crippen LogP contribution in [0.2, 0.25) is 0 Å². The van der Waals surface area contributed by atoms with Crippen molar-refractivity contribution < 1.29 is 29.0 Å². The van der Waals surface area contributed by atoms with E-state index < -0.39 is 30.1 Å². The van der Waals surface area contributed by atoms with Gasteiger partial charge in [-0.3, -0.25) is 14.4 Å². The molecule has 0 bridgehead atoms. The van der Waals surface area contributed by atoms with Gasteiger partial charge in [0.1, 0.15) is 0 Å². The Hall–Kier alpha value is -1.71. The molecular formula is C24H45N3O6. The zero-order valence-electron chi connectivity index (χ0n) is 21.6. The number of ether oxygens (including phenoxy) is 2. The number of nitrogens with zero attached hydrogens (tertiary/aromatic N) is 2. The van der Waals surface area contributed by atoms with Crippen LogP contribution in [-0.2, 0) is 23.9 Å². The summed E-state index contributed by atoms with van der Waals surface area (Å²) in [4.78, 5) is 41.3. The molecule has 1 rings (SSSR count). The Morgan fingerprint density at radius 2 is 1.76 bits per heavy atom. The first-order chi connectivity index (χ1) is 15.4. The van der Waals surface area contributed by atoms with E-state index in [0.717, 1.165) is 12.8 Å². The van der Waals surface area contributed by atoms with Gasteiger partial charge in [0.15, 0.2) is 0 Å².